The van der Waals surface area contributed by atoms with E-state index in [9.17, 15) is 4.79 Å². The fraction of sp³-hybridized carbons (Fsp3) is 0.174. The summed E-state index contributed by atoms with van der Waals surface area (Å²) >= 11 is 0. The molecule has 4 nitrogen and oxygen atoms in total. The zero-order chi connectivity index (χ0) is 19.6. The average Bonchev–Trinajstić information content (AvgIpc) is 2.71. The molecule has 2 aromatic rings. The minimum atomic E-state index is -0.100. The number of methoxy groups -OCH3 is 2. The van der Waals surface area contributed by atoms with Gasteiger partial charge in [-0.15, -0.1) is 6.58 Å². The third kappa shape index (κ3) is 5.35. The second kappa shape index (κ2) is 10.0. The molecule has 4 heteroatoms. The highest BCUT2D eigenvalue weighted by molar-refractivity contribution is 6.07. The van der Waals surface area contributed by atoms with Crippen LogP contribution in [-0.4, -0.2) is 26.6 Å². The van der Waals surface area contributed by atoms with Crippen molar-refractivity contribution in [2.24, 2.45) is 0 Å². The van der Waals surface area contributed by atoms with E-state index in [1.165, 1.54) is 0 Å². The Labute approximate surface area is 160 Å². The SMILES string of the molecule is C=CCOc1ccc(C(=O)/C=C/c2cc(OC)cc(OC)c2CC=C)cc1. The Bertz CT molecular complexity index is 832. The lowest BCUT2D eigenvalue weighted by Gasteiger charge is -2.13. The Morgan fingerprint density at radius 3 is 2.33 bits per heavy atom. The Morgan fingerprint density at radius 2 is 1.74 bits per heavy atom. The third-order valence-corrected chi connectivity index (χ3v) is 3.94. The van der Waals surface area contributed by atoms with E-state index in [1.807, 2.05) is 12.1 Å². The topological polar surface area (TPSA) is 44.8 Å². The monoisotopic (exact) mass is 364 g/mol. The van der Waals surface area contributed by atoms with Gasteiger partial charge in [0.05, 0.1) is 14.2 Å². The molecule has 0 aliphatic heterocycles. The van der Waals surface area contributed by atoms with Gasteiger partial charge in [0, 0.05) is 17.2 Å². The molecule has 0 amide bonds. The Hall–Kier alpha value is -3.27. The first-order valence-corrected chi connectivity index (χ1v) is 8.54. The molecule has 140 valence electrons. The number of carbonyl (C=O) groups is 1. The first-order chi connectivity index (χ1) is 13.1. The molecule has 0 atom stereocenters. The van der Waals surface area contributed by atoms with Gasteiger partial charge in [-0.2, -0.15) is 0 Å². The van der Waals surface area contributed by atoms with Gasteiger partial charge >= 0.3 is 0 Å². The van der Waals surface area contributed by atoms with Crippen LogP contribution in [0.2, 0.25) is 0 Å². The molecule has 0 saturated heterocycles. The van der Waals surface area contributed by atoms with Crippen molar-refractivity contribution in [2.45, 2.75) is 6.42 Å². The third-order valence-electron chi connectivity index (χ3n) is 3.94. The van der Waals surface area contributed by atoms with Crippen LogP contribution in [0.15, 0.2) is 67.8 Å². The van der Waals surface area contributed by atoms with Crippen molar-refractivity contribution in [1.82, 2.24) is 0 Å². The smallest absolute Gasteiger partial charge is 0.185 e. The minimum absolute atomic E-state index is 0.100. The van der Waals surface area contributed by atoms with Crippen molar-refractivity contribution in [3.05, 3.63) is 84.5 Å². The summed E-state index contributed by atoms with van der Waals surface area (Å²) < 4.78 is 16.2. The second-order valence-corrected chi connectivity index (χ2v) is 5.71. The number of ether oxygens (including phenoxy) is 3. The molecular weight excluding hydrogens is 340 g/mol. The number of benzene rings is 2. The summed E-state index contributed by atoms with van der Waals surface area (Å²) in [7, 11) is 3.20. The van der Waals surface area contributed by atoms with Crippen molar-refractivity contribution >= 4 is 11.9 Å². The normalized spacial score (nSPS) is 10.4. The van der Waals surface area contributed by atoms with Crippen molar-refractivity contribution in [2.75, 3.05) is 20.8 Å². The second-order valence-electron chi connectivity index (χ2n) is 5.71. The number of ketones is 1. The van der Waals surface area contributed by atoms with Crippen LogP contribution in [-0.2, 0) is 6.42 Å². The fourth-order valence-corrected chi connectivity index (χ4v) is 2.58. The number of rotatable bonds is 10. The van der Waals surface area contributed by atoms with Crippen molar-refractivity contribution in [3.63, 3.8) is 0 Å². The van der Waals surface area contributed by atoms with Gasteiger partial charge in [0.15, 0.2) is 5.78 Å². The highest BCUT2D eigenvalue weighted by atomic mass is 16.5. The van der Waals surface area contributed by atoms with E-state index >= 15 is 0 Å². The van der Waals surface area contributed by atoms with Crippen molar-refractivity contribution in [3.8, 4) is 17.2 Å². The molecule has 0 aromatic heterocycles. The molecule has 0 aliphatic rings. The largest absolute Gasteiger partial charge is 0.497 e. The summed E-state index contributed by atoms with van der Waals surface area (Å²) in [6, 6.07) is 10.7. The van der Waals surface area contributed by atoms with Crippen molar-refractivity contribution < 1.29 is 19.0 Å². The fourth-order valence-electron chi connectivity index (χ4n) is 2.58. The molecular formula is C23H24O4. The van der Waals surface area contributed by atoms with Gasteiger partial charge in [0.2, 0.25) is 0 Å². The number of hydrogen-bond donors (Lipinski definition) is 0. The first-order valence-electron chi connectivity index (χ1n) is 8.54. The average molecular weight is 364 g/mol. The lowest BCUT2D eigenvalue weighted by atomic mass is 10.0. The summed E-state index contributed by atoms with van der Waals surface area (Å²) in [6.07, 6.45) is 7.40. The zero-order valence-electron chi connectivity index (χ0n) is 15.7. The summed E-state index contributed by atoms with van der Waals surface area (Å²) in [6.45, 7) is 7.83. The van der Waals surface area contributed by atoms with E-state index in [0.717, 1.165) is 11.1 Å². The van der Waals surface area contributed by atoms with E-state index in [-0.39, 0.29) is 5.78 Å². The van der Waals surface area contributed by atoms with Crippen LogP contribution in [0.5, 0.6) is 17.2 Å². The predicted octanol–water partition coefficient (Wildman–Crippen LogP) is 4.89. The molecule has 0 spiro atoms. The van der Waals surface area contributed by atoms with Crippen LogP contribution in [0, 0.1) is 0 Å². The number of hydrogen-bond acceptors (Lipinski definition) is 4. The van der Waals surface area contributed by atoms with Crippen LogP contribution in [0.25, 0.3) is 6.08 Å². The number of allylic oxidation sites excluding steroid dienone is 2. The van der Waals surface area contributed by atoms with E-state index in [1.54, 1.807) is 62.8 Å². The molecule has 2 aromatic carbocycles. The van der Waals surface area contributed by atoms with Gasteiger partial charge in [-0.25, -0.2) is 0 Å². The van der Waals surface area contributed by atoms with Crippen LogP contribution < -0.4 is 14.2 Å². The summed E-state index contributed by atoms with van der Waals surface area (Å²) in [5, 5.41) is 0. The van der Waals surface area contributed by atoms with Crippen molar-refractivity contribution in [1.29, 1.82) is 0 Å². The van der Waals surface area contributed by atoms with E-state index < -0.39 is 0 Å². The highest BCUT2D eigenvalue weighted by Crippen LogP contribution is 2.30. The maximum absolute atomic E-state index is 12.5. The van der Waals surface area contributed by atoms with E-state index in [2.05, 4.69) is 13.2 Å². The van der Waals surface area contributed by atoms with Crippen LogP contribution in [0.1, 0.15) is 21.5 Å². The van der Waals surface area contributed by atoms with Crippen LogP contribution >= 0.6 is 0 Å². The molecule has 27 heavy (non-hydrogen) atoms. The standard InChI is InChI=1S/C23H24O4/c1-5-7-21-18(15-20(25-3)16-23(21)26-4)10-13-22(24)17-8-11-19(12-9-17)27-14-6-2/h5-6,8-13,15-16H,1-2,7,14H2,3-4H3/b13-10+. The molecule has 0 aliphatic carbocycles. The number of carbonyl (C=O) groups excluding carboxylic acids is 1. The zero-order valence-corrected chi connectivity index (χ0v) is 15.7. The molecule has 0 heterocycles. The lowest BCUT2D eigenvalue weighted by Crippen LogP contribution is -1.98. The van der Waals surface area contributed by atoms with Gasteiger partial charge in [0.25, 0.3) is 0 Å². The van der Waals surface area contributed by atoms with E-state index in [0.29, 0.717) is 35.8 Å². The predicted molar refractivity (Wildman–Crippen MR) is 109 cm³/mol. The summed E-state index contributed by atoms with van der Waals surface area (Å²) in [5.74, 6) is 1.96. The maximum Gasteiger partial charge on any atom is 0.185 e. The molecule has 0 bridgehead atoms. The maximum atomic E-state index is 12.5. The molecule has 0 N–H and O–H groups in total. The molecule has 0 radical (unpaired) electrons. The molecule has 0 fully saturated rings. The molecule has 2 rings (SSSR count). The Morgan fingerprint density at radius 1 is 1.00 bits per heavy atom. The lowest BCUT2D eigenvalue weighted by molar-refractivity contribution is 0.104. The van der Waals surface area contributed by atoms with Gasteiger partial charge < -0.3 is 14.2 Å². The molecule has 0 saturated carbocycles. The summed E-state index contributed by atoms with van der Waals surface area (Å²) in [5.41, 5.74) is 2.38. The van der Waals surface area contributed by atoms with Gasteiger partial charge in [-0.3, -0.25) is 4.79 Å². The van der Waals surface area contributed by atoms with Crippen LogP contribution in [0.4, 0.5) is 0 Å². The minimum Gasteiger partial charge on any atom is -0.497 e. The molecule has 0 unspecified atom stereocenters. The van der Waals surface area contributed by atoms with Gasteiger partial charge in [0.1, 0.15) is 23.9 Å². The Balaban J connectivity index is 2.26. The van der Waals surface area contributed by atoms with Gasteiger partial charge in [-0.05, 0) is 48.4 Å². The Kier molecular flexibility index (Phi) is 7.44. The highest BCUT2D eigenvalue weighted by Gasteiger charge is 2.10. The first kappa shape index (κ1) is 20.0. The van der Waals surface area contributed by atoms with Crippen LogP contribution in [0.3, 0.4) is 0 Å². The van der Waals surface area contributed by atoms with E-state index in [4.69, 9.17) is 14.2 Å². The summed E-state index contributed by atoms with van der Waals surface area (Å²) in [4.78, 5) is 12.5. The quantitative estimate of drug-likeness (QED) is 0.342. The van der Waals surface area contributed by atoms with Gasteiger partial charge in [-0.1, -0.05) is 24.8 Å².